The van der Waals surface area contributed by atoms with Crippen molar-refractivity contribution in [1.29, 1.82) is 0 Å². The fraction of sp³-hybridized carbons (Fsp3) is 0.533. The molecule has 1 saturated heterocycles. The Morgan fingerprint density at radius 3 is 2.74 bits per heavy atom. The van der Waals surface area contributed by atoms with E-state index in [0.29, 0.717) is 16.6 Å². The molecule has 2 fully saturated rings. The summed E-state index contributed by atoms with van der Waals surface area (Å²) < 4.78 is 5.42. The average Bonchev–Trinajstić information content (AvgIpc) is 2.44. The first-order valence-corrected chi connectivity index (χ1v) is 7.22. The van der Waals surface area contributed by atoms with Gasteiger partial charge in [-0.3, -0.25) is 4.79 Å². The minimum absolute atomic E-state index is 0.0157. The molecule has 1 aromatic rings. The van der Waals surface area contributed by atoms with Gasteiger partial charge in [0, 0.05) is 29.8 Å². The van der Waals surface area contributed by atoms with Crippen LogP contribution >= 0.6 is 11.6 Å². The molecule has 1 unspecified atom stereocenters. The van der Waals surface area contributed by atoms with Gasteiger partial charge < -0.3 is 10.1 Å². The molecule has 1 saturated carbocycles. The second-order valence-corrected chi connectivity index (χ2v) is 5.99. The van der Waals surface area contributed by atoms with Crippen LogP contribution in [0.4, 0.5) is 0 Å². The van der Waals surface area contributed by atoms with Crippen molar-refractivity contribution in [1.82, 2.24) is 5.32 Å². The normalized spacial score (nSPS) is 24.8. The summed E-state index contributed by atoms with van der Waals surface area (Å²) in [6.45, 7) is 1.65. The van der Waals surface area contributed by atoms with E-state index in [1.54, 1.807) is 18.2 Å². The fourth-order valence-electron chi connectivity index (χ4n) is 3.17. The predicted molar refractivity (Wildman–Crippen MR) is 74.4 cm³/mol. The maximum Gasteiger partial charge on any atom is 0.251 e. The van der Waals surface area contributed by atoms with E-state index in [0.717, 1.165) is 32.5 Å². The number of carbonyl (C=O) groups is 1. The molecule has 3 rings (SSSR count). The van der Waals surface area contributed by atoms with Crippen LogP contribution in [0.25, 0.3) is 0 Å². The van der Waals surface area contributed by atoms with E-state index < -0.39 is 0 Å². The summed E-state index contributed by atoms with van der Waals surface area (Å²) in [5, 5.41) is 3.77. The van der Waals surface area contributed by atoms with Gasteiger partial charge in [-0.15, -0.1) is 0 Å². The molecule has 0 bridgehead atoms. The van der Waals surface area contributed by atoms with Crippen LogP contribution in [0.3, 0.4) is 0 Å². The van der Waals surface area contributed by atoms with E-state index in [1.807, 2.05) is 6.07 Å². The largest absolute Gasteiger partial charge is 0.381 e. The zero-order valence-corrected chi connectivity index (χ0v) is 11.6. The van der Waals surface area contributed by atoms with Gasteiger partial charge in [0.2, 0.25) is 0 Å². The molecule has 2 aliphatic rings. The van der Waals surface area contributed by atoms with Crippen molar-refractivity contribution in [3.05, 3.63) is 34.9 Å². The highest BCUT2D eigenvalue weighted by Gasteiger charge is 2.47. The number of benzene rings is 1. The van der Waals surface area contributed by atoms with Gasteiger partial charge in [-0.2, -0.15) is 0 Å². The van der Waals surface area contributed by atoms with Gasteiger partial charge >= 0.3 is 0 Å². The van der Waals surface area contributed by atoms with Crippen LogP contribution in [0.2, 0.25) is 5.02 Å². The molecule has 3 nitrogen and oxygen atoms in total. The first-order valence-electron chi connectivity index (χ1n) is 6.84. The molecule has 1 aliphatic heterocycles. The lowest BCUT2D eigenvalue weighted by molar-refractivity contribution is -0.0523. The first-order chi connectivity index (χ1) is 9.20. The number of hydrogen-bond acceptors (Lipinski definition) is 2. The van der Waals surface area contributed by atoms with Crippen LogP contribution in [0.1, 0.15) is 36.0 Å². The predicted octanol–water partition coefficient (Wildman–Crippen LogP) is 3.03. The summed E-state index contributed by atoms with van der Waals surface area (Å²) in [6.07, 6.45) is 4.41. The van der Waals surface area contributed by atoms with Gasteiger partial charge in [-0.1, -0.05) is 17.7 Å². The smallest absolute Gasteiger partial charge is 0.251 e. The molecule has 1 aliphatic carbocycles. The molecule has 1 atom stereocenters. The number of hydrogen-bond donors (Lipinski definition) is 1. The number of amides is 1. The molecule has 1 amide bonds. The Balaban J connectivity index is 1.67. The van der Waals surface area contributed by atoms with Gasteiger partial charge in [-0.05, 0) is 49.3 Å². The summed E-state index contributed by atoms with van der Waals surface area (Å²) in [4.78, 5) is 12.2. The Labute approximate surface area is 118 Å². The standard InChI is InChI=1S/C15H18ClNO2/c16-12-3-1-2-11(10-12)14(18)17-13-4-5-15(13)6-8-19-9-7-15/h1-3,10,13H,4-9H2,(H,17,18). The monoisotopic (exact) mass is 279 g/mol. The topological polar surface area (TPSA) is 38.3 Å². The molecule has 4 heteroatoms. The van der Waals surface area contributed by atoms with E-state index in [-0.39, 0.29) is 11.3 Å². The van der Waals surface area contributed by atoms with Gasteiger partial charge in [0.25, 0.3) is 5.91 Å². The van der Waals surface area contributed by atoms with Crippen LogP contribution in [0.5, 0.6) is 0 Å². The number of nitrogens with one attached hydrogen (secondary N) is 1. The van der Waals surface area contributed by atoms with Crippen LogP contribution in [0.15, 0.2) is 24.3 Å². The van der Waals surface area contributed by atoms with Crippen molar-refractivity contribution in [3.8, 4) is 0 Å². The third-order valence-corrected chi connectivity index (χ3v) is 4.79. The highest BCUT2D eigenvalue weighted by molar-refractivity contribution is 6.30. The first kappa shape index (κ1) is 12.9. The molecule has 1 spiro atoms. The molecular formula is C15H18ClNO2. The maximum absolute atomic E-state index is 12.2. The van der Waals surface area contributed by atoms with E-state index in [4.69, 9.17) is 16.3 Å². The minimum Gasteiger partial charge on any atom is -0.381 e. The number of carbonyl (C=O) groups excluding carboxylic acids is 1. The third-order valence-electron chi connectivity index (χ3n) is 4.55. The van der Waals surface area contributed by atoms with E-state index in [2.05, 4.69) is 5.32 Å². The lowest BCUT2D eigenvalue weighted by atomic mass is 9.60. The van der Waals surface area contributed by atoms with E-state index in [9.17, 15) is 4.79 Å². The number of halogens is 1. The Bertz CT molecular complexity index is 483. The van der Waals surface area contributed by atoms with Gasteiger partial charge in [0.15, 0.2) is 0 Å². The van der Waals surface area contributed by atoms with E-state index >= 15 is 0 Å². The van der Waals surface area contributed by atoms with Crippen molar-refractivity contribution in [2.75, 3.05) is 13.2 Å². The molecule has 1 aromatic carbocycles. The van der Waals surface area contributed by atoms with Crippen LogP contribution in [-0.2, 0) is 4.74 Å². The van der Waals surface area contributed by atoms with E-state index in [1.165, 1.54) is 6.42 Å². The van der Waals surface area contributed by atoms with Crippen LogP contribution in [0, 0.1) is 5.41 Å². The summed E-state index contributed by atoms with van der Waals surface area (Å²) in [6, 6.07) is 7.40. The Morgan fingerprint density at radius 1 is 1.32 bits per heavy atom. The van der Waals surface area contributed by atoms with Crippen molar-refractivity contribution >= 4 is 17.5 Å². The van der Waals surface area contributed by atoms with Gasteiger partial charge in [-0.25, -0.2) is 0 Å². The second kappa shape index (κ2) is 5.14. The third kappa shape index (κ3) is 2.49. The zero-order valence-electron chi connectivity index (χ0n) is 10.8. The van der Waals surface area contributed by atoms with Crippen LogP contribution < -0.4 is 5.32 Å². The minimum atomic E-state index is -0.0157. The number of ether oxygens (including phenoxy) is 1. The maximum atomic E-state index is 12.2. The zero-order chi connectivity index (χ0) is 13.3. The van der Waals surface area contributed by atoms with Crippen molar-refractivity contribution < 1.29 is 9.53 Å². The van der Waals surface area contributed by atoms with Crippen LogP contribution in [-0.4, -0.2) is 25.2 Å². The molecular weight excluding hydrogens is 262 g/mol. The lowest BCUT2D eigenvalue weighted by Gasteiger charge is -2.52. The van der Waals surface area contributed by atoms with Gasteiger partial charge in [0.1, 0.15) is 0 Å². The Hall–Kier alpha value is -1.06. The van der Waals surface area contributed by atoms with Crippen molar-refractivity contribution in [2.24, 2.45) is 5.41 Å². The molecule has 1 N–H and O–H groups in total. The van der Waals surface area contributed by atoms with Gasteiger partial charge in [0.05, 0.1) is 0 Å². The fourth-order valence-corrected chi connectivity index (χ4v) is 3.36. The summed E-state index contributed by atoms with van der Waals surface area (Å²) >= 11 is 5.92. The lowest BCUT2D eigenvalue weighted by Crippen LogP contribution is -2.57. The summed E-state index contributed by atoms with van der Waals surface area (Å²) in [5.41, 5.74) is 0.925. The Kier molecular flexibility index (Phi) is 3.50. The number of rotatable bonds is 2. The Morgan fingerprint density at radius 2 is 2.11 bits per heavy atom. The van der Waals surface area contributed by atoms with Crippen molar-refractivity contribution in [2.45, 2.75) is 31.7 Å². The highest BCUT2D eigenvalue weighted by atomic mass is 35.5. The summed E-state index contributed by atoms with van der Waals surface area (Å²) in [5.74, 6) is -0.0157. The average molecular weight is 280 g/mol. The molecule has 0 radical (unpaired) electrons. The second-order valence-electron chi connectivity index (χ2n) is 5.55. The molecule has 102 valence electrons. The quantitative estimate of drug-likeness (QED) is 0.904. The highest BCUT2D eigenvalue weighted by Crippen LogP contribution is 2.48. The SMILES string of the molecule is O=C(NC1CCC12CCOCC2)c1cccc(Cl)c1. The summed E-state index contributed by atoms with van der Waals surface area (Å²) in [7, 11) is 0. The molecule has 0 aromatic heterocycles. The molecule has 1 heterocycles. The van der Waals surface area contributed by atoms with Crippen molar-refractivity contribution in [3.63, 3.8) is 0 Å². The molecule has 19 heavy (non-hydrogen) atoms.